The molecule has 0 amide bonds. The monoisotopic (exact) mass is 290 g/mol. The van der Waals surface area contributed by atoms with Gasteiger partial charge in [0, 0.05) is 12.0 Å². The predicted molar refractivity (Wildman–Crippen MR) is 78.7 cm³/mol. The molecule has 0 spiro atoms. The van der Waals surface area contributed by atoms with E-state index in [1.165, 1.54) is 0 Å². The lowest BCUT2D eigenvalue weighted by atomic mass is 9.57. The van der Waals surface area contributed by atoms with E-state index in [1.807, 2.05) is 19.9 Å². The molecule has 0 aromatic heterocycles. The van der Waals surface area contributed by atoms with Crippen LogP contribution in [0.5, 0.6) is 11.5 Å². The van der Waals surface area contributed by atoms with Crippen LogP contribution in [0.2, 0.25) is 0 Å². The summed E-state index contributed by atoms with van der Waals surface area (Å²) in [5.74, 6) is 0.450. The van der Waals surface area contributed by atoms with Gasteiger partial charge in [0.15, 0.2) is 23.4 Å². The van der Waals surface area contributed by atoms with Crippen LogP contribution in [-0.2, 0) is 16.6 Å². The fraction of sp³-hybridized carbons (Fsp3) is 0.588. The van der Waals surface area contributed by atoms with Crippen LogP contribution in [0, 0.1) is 0 Å². The first-order valence-corrected chi connectivity index (χ1v) is 7.66. The molecule has 4 heteroatoms. The summed E-state index contributed by atoms with van der Waals surface area (Å²) < 4.78 is 5.87. The summed E-state index contributed by atoms with van der Waals surface area (Å²) in [7, 11) is 0. The van der Waals surface area contributed by atoms with E-state index in [4.69, 9.17) is 4.74 Å². The zero-order valence-electron chi connectivity index (χ0n) is 12.8. The van der Waals surface area contributed by atoms with Gasteiger partial charge in [0.25, 0.3) is 0 Å². The second kappa shape index (κ2) is 4.47. The van der Waals surface area contributed by atoms with Crippen LogP contribution >= 0.6 is 0 Å². The number of hydrogen-bond donors (Lipinski definition) is 2. The highest BCUT2D eigenvalue weighted by molar-refractivity contribution is 5.89. The highest BCUT2D eigenvalue weighted by atomic mass is 16.5. The molecule has 2 N–H and O–H groups in total. The Hall–Kier alpha value is -1.55. The van der Waals surface area contributed by atoms with Gasteiger partial charge in [-0.15, -0.1) is 0 Å². The number of Topliss-reactive ketones (excluding diaryl/α,β-unsaturated/α-hetero) is 1. The molecule has 21 heavy (non-hydrogen) atoms. The van der Waals surface area contributed by atoms with E-state index >= 15 is 0 Å². The number of aryl methyl sites for hydroxylation is 1. The molecule has 1 aliphatic carbocycles. The Morgan fingerprint density at radius 3 is 2.71 bits per heavy atom. The molecule has 114 valence electrons. The summed E-state index contributed by atoms with van der Waals surface area (Å²) in [5.41, 5.74) is 0.0723. The number of ketones is 1. The molecule has 1 unspecified atom stereocenters. The molecule has 0 radical (unpaired) electrons. The molecular weight excluding hydrogens is 268 g/mol. The van der Waals surface area contributed by atoms with Crippen molar-refractivity contribution in [2.75, 3.05) is 0 Å². The number of phenolic OH excluding ortho intramolecular Hbond substituents is 1. The third-order valence-electron chi connectivity index (χ3n) is 5.40. The van der Waals surface area contributed by atoms with Crippen LogP contribution < -0.4 is 4.74 Å². The molecule has 1 heterocycles. The quantitative estimate of drug-likeness (QED) is 0.878. The van der Waals surface area contributed by atoms with Crippen molar-refractivity contribution in [3.63, 3.8) is 0 Å². The average molecular weight is 290 g/mol. The van der Waals surface area contributed by atoms with E-state index in [9.17, 15) is 15.0 Å². The van der Waals surface area contributed by atoms with Gasteiger partial charge in [-0.3, -0.25) is 4.79 Å². The largest absolute Gasteiger partial charge is 0.504 e. The van der Waals surface area contributed by atoms with Gasteiger partial charge in [-0.1, -0.05) is 19.9 Å². The molecule has 1 fully saturated rings. The second-order valence-corrected chi connectivity index (χ2v) is 6.36. The number of carbonyl (C=O) groups excluding carboxylic acids is 1. The van der Waals surface area contributed by atoms with Crippen molar-refractivity contribution < 1.29 is 19.7 Å². The van der Waals surface area contributed by atoms with Gasteiger partial charge < -0.3 is 14.9 Å². The molecule has 1 saturated carbocycles. The molecular formula is C17H22O4. The first kappa shape index (κ1) is 14.4. The highest BCUT2D eigenvalue weighted by Crippen LogP contribution is 2.58. The Bertz CT molecular complexity index is 605. The minimum Gasteiger partial charge on any atom is -0.504 e. The standard InChI is InChI=1S/C17H22O4/c1-4-10-6-7-11(18)14-13(10)17(5-2)15(21-14)12(19)8-9-16(17,3)20/h6-7,15,18,20H,4-5,8-9H2,1-3H3/t15-,16?,17-/m0/s1. The molecule has 1 aliphatic heterocycles. The van der Waals surface area contributed by atoms with Crippen molar-refractivity contribution in [2.24, 2.45) is 0 Å². The van der Waals surface area contributed by atoms with Crippen LogP contribution in [0.15, 0.2) is 12.1 Å². The third-order valence-corrected chi connectivity index (χ3v) is 5.40. The Morgan fingerprint density at radius 2 is 2.10 bits per heavy atom. The maximum absolute atomic E-state index is 12.4. The van der Waals surface area contributed by atoms with E-state index in [0.717, 1.165) is 17.5 Å². The molecule has 0 bridgehead atoms. The van der Waals surface area contributed by atoms with Gasteiger partial charge in [0.2, 0.25) is 0 Å². The van der Waals surface area contributed by atoms with E-state index < -0.39 is 17.1 Å². The first-order chi connectivity index (χ1) is 9.89. The first-order valence-electron chi connectivity index (χ1n) is 7.66. The van der Waals surface area contributed by atoms with Crippen LogP contribution in [0.25, 0.3) is 0 Å². The zero-order valence-corrected chi connectivity index (χ0v) is 12.8. The predicted octanol–water partition coefficient (Wildman–Crippen LogP) is 2.48. The average Bonchev–Trinajstić information content (AvgIpc) is 2.83. The normalized spacial score (nSPS) is 34.3. The van der Waals surface area contributed by atoms with E-state index in [1.54, 1.807) is 13.0 Å². The molecule has 1 aromatic carbocycles. The van der Waals surface area contributed by atoms with Gasteiger partial charge in [-0.05, 0) is 37.8 Å². The zero-order chi connectivity index (χ0) is 15.4. The van der Waals surface area contributed by atoms with Crippen LogP contribution in [-0.4, -0.2) is 27.7 Å². The number of phenols is 1. The number of hydrogen-bond acceptors (Lipinski definition) is 4. The lowest BCUT2D eigenvalue weighted by molar-refractivity contribution is -0.147. The lowest BCUT2D eigenvalue weighted by Gasteiger charge is -2.48. The van der Waals surface area contributed by atoms with Crippen molar-refractivity contribution in [3.8, 4) is 11.5 Å². The summed E-state index contributed by atoms with van der Waals surface area (Å²) in [6.07, 6.45) is 1.41. The van der Waals surface area contributed by atoms with Gasteiger partial charge in [-0.2, -0.15) is 0 Å². The van der Waals surface area contributed by atoms with Crippen LogP contribution in [0.4, 0.5) is 0 Å². The number of benzene rings is 1. The number of aliphatic hydroxyl groups is 1. The summed E-state index contributed by atoms with van der Waals surface area (Å²) in [4.78, 5) is 12.4. The van der Waals surface area contributed by atoms with Gasteiger partial charge >= 0.3 is 0 Å². The van der Waals surface area contributed by atoms with Crippen LogP contribution in [0.3, 0.4) is 0 Å². The van der Waals surface area contributed by atoms with Crippen molar-refractivity contribution >= 4 is 5.78 Å². The van der Waals surface area contributed by atoms with Crippen molar-refractivity contribution in [3.05, 3.63) is 23.3 Å². The number of carbonyl (C=O) groups is 1. The Balaban J connectivity index is 2.34. The lowest BCUT2D eigenvalue weighted by Crippen LogP contribution is -2.61. The number of rotatable bonds is 2. The van der Waals surface area contributed by atoms with E-state index in [-0.39, 0.29) is 11.5 Å². The van der Waals surface area contributed by atoms with Crippen LogP contribution in [0.1, 0.15) is 51.2 Å². The molecule has 3 atom stereocenters. The van der Waals surface area contributed by atoms with E-state index in [2.05, 4.69) is 0 Å². The fourth-order valence-corrected chi connectivity index (χ4v) is 4.22. The molecule has 4 nitrogen and oxygen atoms in total. The van der Waals surface area contributed by atoms with Gasteiger partial charge in [-0.25, -0.2) is 0 Å². The Morgan fingerprint density at radius 1 is 1.38 bits per heavy atom. The Labute approximate surface area is 124 Å². The number of aromatic hydroxyl groups is 1. The van der Waals surface area contributed by atoms with Crippen molar-refractivity contribution in [2.45, 2.75) is 63.6 Å². The molecule has 2 aliphatic rings. The smallest absolute Gasteiger partial charge is 0.174 e. The summed E-state index contributed by atoms with van der Waals surface area (Å²) in [6, 6.07) is 3.48. The topological polar surface area (TPSA) is 66.8 Å². The summed E-state index contributed by atoms with van der Waals surface area (Å²) in [5, 5.41) is 21.2. The van der Waals surface area contributed by atoms with Gasteiger partial charge in [0.05, 0.1) is 11.0 Å². The number of ether oxygens (including phenoxy) is 1. The number of fused-ring (bicyclic) bond motifs is 3. The third kappa shape index (κ3) is 1.62. The van der Waals surface area contributed by atoms with Gasteiger partial charge in [0.1, 0.15) is 0 Å². The fourth-order valence-electron chi connectivity index (χ4n) is 4.22. The van der Waals surface area contributed by atoms with E-state index in [0.29, 0.717) is 25.0 Å². The molecule has 1 aromatic rings. The maximum atomic E-state index is 12.4. The summed E-state index contributed by atoms with van der Waals surface area (Å²) in [6.45, 7) is 5.79. The minimum absolute atomic E-state index is 0.0148. The second-order valence-electron chi connectivity index (χ2n) is 6.36. The Kier molecular flexibility index (Phi) is 3.06. The van der Waals surface area contributed by atoms with Crippen molar-refractivity contribution in [1.29, 1.82) is 0 Å². The molecule has 3 rings (SSSR count). The maximum Gasteiger partial charge on any atom is 0.174 e. The SMILES string of the molecule is CCc1ccc(O)c2c1[C@@]1(CC)[C@@H](O2)C(=O)CCC1(C)O. The molecule has 0 saturated heterocycles. The highest BCUT2D eigenvalue weighted by Gasteiger charge is 2.64. The minimum atomic E-state index is -1.02. The van der Waals surface area contributed by atoms with Crippen molar-refractivity contribution in [1.82, 2.24) is 0 Å². The summed E-state index contributed by atoms with van der Waals surface area (Å²) >= 11 is 0.